The van der Waals surface area contributed by atoms with Crippen molar-refractivity contribution in [1.29, 1.82) is 0 Å². The fourth-order valence-electron chi connectivity index (χ4n) is 0. The van der Waals surface area contributed by atoms with Gasteiger partial charge in [0.05, 0.1) is 0 Å². The molecule has 0 nitrogen and oxygen atoms in total. The maximum absolute atomic E-state index is 0. The third-order valence-corrected chi connectivity index (χ3v) is 0. The van der Waals surface area contributed by atoms with Gasteiger partial charge in [-0.15, -0.1) is 0 Å². The molecule has 0 aliphatic rings. The van der Waals surface area contributed by atoms with E-state index in [4.69, 9.17) is 0 Å². The van der Waals surface area contributed by atoms with Crippen molar-refractivity contribution in [2.75, 3.05) is 0 Å². The summed E-state index contributed by atoms with van der Waals surface area (Å²) in [7, 11) is 0. The largest absolute Gasteiger partial charge is 3.00 e. The number of rotatable bonds is 0. The van der Waals surface area contributed by atoms with Crippen molar-refractivity contribution in [3.05, 3.63) is 0 Å². The van der Waals surface area contributed by atoms with Crippen LogP contribution in [0.1, 0.15) is 0 Å². The van der Waals surface area contributed by atoms with Crippen LogP contribution in [0.3, 0.4) is 0 Å². The molecule has 0 amide bonds. The van der Waals surface area contributed by atoms with Gasteiger partial charge in [-0.25, -0.2) is 0 Å². The minimum Gasteiger partial charge on any atom is -2.00 e. The first-order valence-electron chi connectivity index (χ1n) is 0. The SMILES string of the molecule is [Ga+3].[Ga+3].[In].[In].[Se-2].[Se-2].[Se-2]. The van der Waals surface area contributed by atoms with Gasteiger partial charge in [-0.2, -0.15) is 0 Å². The second-order valence-electron chi connectivity index (χ2n) is 0. The van der Waals surface area contributed by atoms with Gasteiger partial charge >= 0.3 is 39.6 Å². The van der Waals surface area contributed by atoms with Crippen molar-refractivity contribution in [3.63, 3.8) is 0 Å². The Bertz CT molecular complexity index is 10.9. The second-order valence-corrected chi connectivity index (χ2v) is 0. The standard InChI is InChI=1S/2Ga.2In.3Se/q2*+3;;;3*-2. The molecule has 0 aliphatic heterocycles. The van der Waals surface area contributed by atoms with Crippen LogP contribution < -0.4 is 0 Å². The first-order chi connectivity index (χ1) is 0. The molecule has 0 spiro atoms. The molecule has 0 saturated carbocycles. The van der Waals surface area contributed by atoms with Crippen LogP contribution in [0.5, 0.6) is 0 Å². The third-order valence-electron chi connectivity index (χ3n) is 0. The quantitative estimate of drug-likeness (QED) is 0.265. The Morgan fingerprint density at radius 3 is 0.429 bits per heavy atom. The molecule has 0 aromatic rings. The van der Waals surface area contributed by atoms with Crippen LogP contribution in [0.25, 0.3) is 0 Å². The van der Waals surface area contributed by atoms with Gasteiger partial charge in [0.1, 0.15) is 0 Å². The smallest absolute Gasteiger partial charge is 2.00 e. The molecular formula is Ga2In2Se3. The molecule has 0 aliphatic carbocycles. The van der Waals surface area contributed by atoms with Gasteiger partial charge in [0.15, 0.2) is 0 Å². The van der Waals surface area contributed by atoms with Crippen LogP contribution in [0.15, 0.2) is 0 Å². The van der Waals surface area contributed by atoms with Crippen molar-refractivity contribution >= 4 is 142 Å². The van der Waals surface area contributed by atoms with Crippen LogP contribution in [0.4, 0.5) is 0 Å². The average molecular weight is 606 g/mol. The van der Waals surface area contributed by atoms with E-state index in [9.17, 15) is 0 Å². The summed E-state index contributed by atoms with van der Waals surface area (Å²) in [6.45, 7) is 0. The van der Waals surface area contributed by atoms with E-state index >= 15 is 0 Å². The Balaban J connectivity index is 0. The Hall–Kier alpha value is 4.57. The molecule has 6 radical (unpaired) electrons. The molecule has 0 rings (SSSR count). The number of hydrogen-bond donors (Lipinski definition) is 0. The molecule has 0 fully saturated rings. The normalized spacial score (nSPS) is 0. The van der Waals surface area contributed by atoms with E-state index in [1.165, 1.54) is 0 Å². The van der Waals surface area contributed by atoms with Crippen LogP contribution in [-0.2, 0) is 0 Å². The van der Waals surface area contributed by atoms with Crippen LogP contribution in [-0.4, -0.2) is 142 Å². The van der Waals surface area contributed by atoms with E-state index < -0.39 is 0 Å². The summed E-state index contributed by atoms with van der Waals surface area (Å²) in [5, 5.41) is 0. The summed E-state index contributed by atoms with van der Waals surface area (Å²) in [4.78, 5) is 0. The molecule has 0 unspecified atom stereocenters. The van der Waals surface area contributed by atoms with Crippen molar-refractivity contribution in [2.24, 2.45) is 0 Å². The van der Waals surface area contributed by atoms with Crippen LogP contribution >= 0.6 is 0 Å². The zero-order valence-corrected chi connectivity index (χ0v) is 20.1. The van der Waals surface area contributed by atoms with E-state index in [-0.39, 0.29) is 142 Å². The van der Waals surface area contributed by atoms with E-state index in [1.54, 1.807) is 0 Å². The summed E-state index contributed by atoms with van der Waals surface area (Å²) in [5.74, 6) is 0. The van der Waals surface area contributed by atoms with E-state index in [2.05, 4.69) is 0 Å². The summed E-state index contributed by atoms with van der Waals surface area (Å²) in [6.07, 6.45) is 0. The van der Waals surface area contributed by atoms with Crippen molar-refractivity contribution < 1.29 is 0 Å². The minimum atomic E-state index is 0. The maximum atomic E-state index is 0. The molecule has 7 heavy (non-hydrogen) atoms. The first-order valence-corrected chi connectivity index (χ1v) is 0. The molecule has 0 bridgehead atoms. The predicted octanol–water partition coefficient (Wildman–Crippen LogP) is -2.67. The second kappa shape index (κ2) is 46.3. The first kappa shape index (κ1) is 61.9. The van der Waals surface area contributed by atoms with E-state index in [0.29, 0.717) is 0 Å². The maximum Gasteiger partial charge on any atom is 3.00 e. The van der Waals surface area contributed by atoms with Gasteiger partial charge in [0.2, 0.25) is 0 Å². The van der Waals surface area contributed by atoms with Gasteiger partial charge in [0, 0.05) is 51.7 Å². The van der Waals surface area contributed by atoms with Crippen molar-refractivity contribution in [2.45, 2.75) is 0 Å². The fourth-order valence-corrected chi connectivity index (χ4v) is 0. The topological polar surface area (TPSA) is 0 Å². The molecule has 0 aromatic heterocycles. The minimum absolute atomic E-state index is 0. The van der Waals surface area contributed by atoms with Gasteiger partial charge in [-0.1, -0.05) is 0 Å². The molecule has 0 saturated heterocycles. The fraction of sp³-hybridized carbons (Fsp3) is 0. The van der Waals surface area contributed by atoms with E-state index in [0.717, 1.165) is 0 Å². The van der Waals surface area contributed by atoms with Crippen molar-refractivity contribution in [3.8, 4) is 0 Å². The van der Waals surface area contributed by atoms with Gasteiger partial charge < -0.3 is 51.2 Å². The molecule has 7 heteroatoms. The van der Waals surface area contributed by atoms with Crippen LogP contribution in [0, 0.1) is 0 Å². The molecule has 0 aromatic carbocycles. The third kappa shape index (κ3) is 37.2. The summed E-state index contributed by atoms with van der Waals surface area (Å²) in [5.41, 5.74) is 0. The Morgan fingerprint density at radius 1 is 0.429 bits per heavy atom. The van der Waals surface area contributed by atoms with Gasteiger partial charge in [-0.05, 0) is 0 Å². The predicted molar refractivity (Wildman–Crippen MR) is 40.3 cm³/mol. The zero-order chi connectivity index (χ0) is 0. The van der Waals surface area contributed by atoms with Crippen molar-refractivity contribution in [1.82, 2.24) is 0 Å². The van der Waals surface area contributed by atoms with Gasteiger partial charge in [-0.3, -0.25) is 0 Å². The average Bonchev–Trinajstić information content (AvgIpc) is 0. The molecule has 0 atom stereocenters. The van der Waals surface area contributed by atoms with Crippen LogP contribution in [0.2, 0.25) is 0 Å². The summed E-state index contributed by atoms with van der Waals surface area (Å²) >= 11 is 0. The molecular weight excluding hydrogens is 606 g/mol. The number of hydrogen-bond acceptors (Lipinski definition) is 0. The Kier molecular flexibility index (Phi) is 410. The summed E-state index contributed by atoms with van der Waals surface area (Å²) < 4.78 is 0. The zero-order valence-electron chi connectivity index (χ0n) is 3.53. The Labute approximate surface area is 139 Å². The van der Waals surface area contributed by atoms with E-state index in [1.807, 2.05) is 0 Å². The Morgan fingerprint density at radius 2 is 0.429 bits per heavy atom. The van der Waals surface area contributed by atoms with Gasteiger partial charge in [0.25, 0.3) is 0 Å². The monoisotopic (exact) mass is 607 g/mol. The molecule has 30 valence electrons. The summed E-state index contributed by atoms with van der Waals surface area (Å²) in [6, 6.07) is 0. The molecule has 0 N–H and O–H groups in total. The molecule has 0 heterocycles.